The van der Waals surface area contributed by atoms with Gasteiger partial charge in [0.2, 0.25) is 0 Å². The minimum Gasteiger partial charge on any atom is -0.507 e. The highest BCUT2D eigenvalue weighted by atomic mass is 32.1. The highest BCUT2D eigenvalue weighted by molar-refractivity contribution is 7.80. The van der Waals surface area contributed by atoms with Crippen LogP contribution in [0.4, 0.5) is 5.69 Å². The second-order valence-electron chi connectivity index (χ2n) is 3.62. The summed E-state index contributed by atoms with van der Waals surface area (Å²) in [5.41, 5.74) is 0.803. The van der Waals surface area contributed by atoms with E-state index in [0.29, 0.717) is 22.9 Å². The van der Waals surface area contributed by atoms with E-state index >= 15 is 0 Å². The molecule has 18 heavy (non-hydrogen) atoms. The zero-order chi connectivity index (χ0) is 13.7. The Hall–Kier alpha value is -2.08. The number of nitrogens with one attached hydrogen (secondary N) is 2. The molecule has 0 aliphatic heterocycles. The molecule has 96 valence electrons. The van der Waals surface area contributed by atoms with E-state index < -0.39 is 5.97 Å². The third-order valence-corrected chi connectivity index (χ3v) is 2.44. The molecule has 0 saturated carbocycles. The number of carboxylic acid groups (broad SMARTS) is 1. The van der Waals surface area contributed by atoms with Crippen molar-refractivity contribution in [1.82, 2.24) is 5.32 Å². The first-order valence-corrected chi connectivity index (χ1v) is 5.59. The molecule has 1 aromatic carbocycles. The van der Waals surface area contributed by atoms with E-state index in [2.05, 4.69) is 17.2 Å². The first-order valence-electron chi connectivity index (χ1n) is 5.18. The van der Waals surface area contributed by atoms with Gasteiger partial charge in [0.25, 0.3) is 0 Å². The molecule has 0 spiro atoms. The number of anilines is 1. The first-order chi connectivity index (χ1) is 8.45. The fourth-order valence-electron chi connectivity index (χ4n) is 1.35. The molecule has 5 nitrogen and oxygen atoms in total. The second-order valence-corrected chi connectivity index (χ2v) is 4.03. The van der Waals surface area contributed by atoms with Crippen LogP contribution in [0.3, 0.4) is 0 Å². The van der Waals surface area contributed by atoms with E-state index in [4.69, 9.17) is 17.3 Å². The summed E-state index contributed by atoms with van der Waals surface area (Å²) in [6, 6.07) is 2.94. The van der Waals surface area contributed by atoms with Crippen molar-refractivity contribution in [2.24, 2.45) is 0 Å². The molecule has 0 atom stereocenters. The van der Waals surface area contributed by atoms with E-state index in [9.17, 15) is 9.90 Å². The Bertz CT molecular complexity index is 500. The number of hydrogen-bond acceptors (Lipinski definition) is 3. The molecule has 4 N–H and O–H groups in total. The average molecular weight is 266 g/mol. The van der Waals surface area contributed by atoms with E-state index in [1.807, 2.05) is 0 Å². The lowest BCUT2D eigenvalue weighted by Crippen LogP contribution is -2.28. The van der Waals surface area contributed by atoms with Crippen molar-refractivity contribution in [3.63, 3.8) is 0 Å². The molecule has 6 heteroatoms. The van der Waals surface area contributed by atoms with E-state index in [0.717, 1.165) is 0 Å². The highest BCUT2D eigenvalue weighted by Gasteiger charge is 2.13. The molecule has 0 unspecified atom stereocenters. The Morgan fingerprint density at radius 3 is 2.78 bits per heavy atom. The van der Waals surface area contributed by atoms with Crippen molar-refractivity contribution in [3.05, 3.63) is 35.9 Å². The number of phenols is 1. The van der Waals surface area contributed by atoms with Gasteiger partial charge in [-0.1, -0.05) is 6.08 Å². The summed E-state index contributed by atoms with van der Waals surface area (Å²) in [6.07, 6.45) is 1.65. The minimum absolute atomic E-state index is 0.163. The fourth-order valence-corrected chi connectivity index (χ4v) is 1.56. The number of aryl methyl sites for hydroxylation is 1. The molecular formula is C12H14N2O3S. The largest absolute Gasteiger partial charge is 0.507 e. The maximum atomic E-state index is 10.9. The van der Waals surface area contributed by atoms with Crippen LogP contribution in [0.1, 0.15) is 15.9 Å². The molecule has 0 aliphatic carbocycles. The Morgan fingerprint density at radius 1 is 1.56 bits per heavy atom. The number of aromatic hydroxyl groups is 1. The Kier molecular flexibility index (Phi) is 4.67. The smallest absolute Gasteiger partial charge is 0.339 e. The van der Waals surface area contributed by atoms with Gasteiger partial charge in [-0.3, -0.25) is 0 Å². The van der Waals surface area contributed by atoms with Gasteiger partial charge < -0.3 is 20.8 Å². The van der Waals surface area contributed by atoms with Crippen molar-refractivity contribution >= 4 is 29.0 Å². The number of carboxylic acids is 1. The number of thiocarbonyl (C=S) groups is 1. The number of carbonyl (C=O) groups is 1. The molecule has 0 fully saturated rings. The van der Waals surface area contributed by atoms with Crippen molar-refractivity contribution in [3.8, 4) is 5.75 Å². The lowest BCUT2D eigenvalue weighted by Gasteiger charge is -2.11. The summed E-state index contributed by atoms with van der Waals surface area (Å²) in [6.45, 7) is 5.67. The Labute approximate surface area is 110 Å². The zero-order valence-electron chi connectivity index (χ0n) is 9.86. The second kappa shape index (κ2) is 6.02. The molecule has 1 aromatic rings. The van der Waals surface area contributed by atoms with Crippen LogP contribution >= 0.6 is 12.2 Å². The molecule has 0 aromatic heterocycles. The molecule has 0 amide bonds. The van der Waals surface area contributed by atoms with Gasteiger partial charge in [-0.25, -0.2) is 4.79 Å². The summed E-state index contributed by atoms with van der Waals surface area (Å²) in [4.78, 5) is 10.9. The summed E-state index contributed by atoms with van der Waals surface area (Å²) in [7, 11) is 0. The van der Waals surface area contributed by atoms with Gasteiger partial charge in [-0.05, 0) is 36.8 Å². The van der Waals surface area contributed by atoms with Crippen LogP contribution in [0.5, 0.6) is 5.75 Å². The minimum atomic E-state index is -1.19. The van der Waals surface area contributed by atoms with E-state index in [1.165, 1.54) is 6.07 Å². The van der Waals surface area contributed by atoms with Gasteiger partial charge in [0.15, 0.2) is 5.11 Å². The van der Waals surface area contributed by atoms with Gasteiger partial charge in [-0.2, -0.15) is 0 Å². The molecule has 0 heterocycles. The maximum absolute atomic E-state index is 10.9. The van der Waals surface area contributed by atoms with Crippen molar-refractivity contribution in [2.75, 3.05) is 11.9 Å². The summed E-state index contributed by atoms with van der Waals surface area (Å²) in [5.74, 6) is -1.43. The third kappa shape index (κ3) is 3.46. The maximum Gasteiger partial charge on any atom is 0.339 e. The zero-order valence-corrected chi connectivity index (χ0v) is 10.7. The number of aromatic carboxylic acids is 1. The summed E-state index contributed by atoms with van der Waals surface area (Å²) < 4.78 is 0. The monoisotopic (exact) mass is 266 g/mol. The molecule has 1 rings (SSSR count). The highest BCUT2D eigenvalue weighted by Crippen LogP contribution is 2.26. The van der Waals surface area contributed by atoms with Crippen molar-refractivity contribution < 1.29 is 15.0 Å². The van der Waals surface area contributed by atoms with Gasteiger partial charge in [0, 0.05) is 12.2 Å². The Balaban J connectivity index is 2.94. The Morgan fingerprint density at radius 2 is 2.22 bits per heavy atom. The van der Waals surface area contributed by atoms with Gasteiger partial charge >= 0.3 is 5.97 Å². The van der Waals surface area contributed by atoms with E-state index in [1.54, 1.807) is 19.1 Å². The van der Waals surface area contributed by atoms with Crippen LogP contribution in [0.25, 0.3) is 0 Å². The predicted molar refractivity (Wildman–Crippen MR) is 74.2 cm³/mol. The number of rotatable bonds is 4. The lowest BCUT2D eigenvalue weighted by atomic mass is 10.1. The van der Waals surface area contributed by atoms with Crippen LogP contribution in [0.2, 0.25) is 0 Å². The van der Waals surface area contributed by atoms with Gasteiger partial charge in [0.05, 0.1) is 0 Å². The quantitative estimate of drug-likeness (QED) is 0.378. The van der Waals surface area contributed by atoms with Crippen LogP contribution in [-0.4, -0.2) is 27.8 Å². The molecule has 0 bridgehead atoms. The van der Waals surface area contributed by atoms with Crippen LogP contribution in [0.15, 0.2) is 24.8 Å². The molecule has 0 radical (unpaired) electrons. The number of benzene rings is 1. The van der Waals surface area contributed by atoms with Crippen LogP contribution in [0, 0.1) is 6.92 Å². The average Bonchev–Trinajstić information content (AvgIpc) is 2.30. The van der Waals surface area contributed by atoms with Crippen molar-refractivity contribution in [2.45, 2.75) is 6.92 Å². The summed E-state index contributed by atoms with van der Waals surface area (Å²) in [5, 5.41) is 24.6. The topological polar surface area (TPSA) is 81.6 Å². The van der Waals surface area contributed by atoms with Gasteiger partial charge in [-0.15, -0.1) is 6.58 Å². The summed E-state index contributed by atoms with van der Waals surface area (Å²) >= 11 is 5.01. The molecule has 0 aliphatic rings. The normalized spacial score (nSPS) is 9.61. The van der Waals surface area contributed by atoms with Crippen molar-refractivity contribution in [1.29, 1.82) is 0 Å². The molecular weight excluding hydrogens is 252 g/mol. The van der Waals surface area contributed by atoms with E-state index in [-0.39, 0.29) is 11.3 Å². The van der Waals surface area contributed by atoms with Crippen LogP contribution in [-0.2, 0) is 0 Å². The predicted octanol–water partition coefficient (Wildman–Crippen LogP) is 1.87. The van der Waals surface area contributed by atoms with Crippen LogP contribution < -0.4 is 10.6 Å². The SMILES string of the molecule is C=CCNC(=S)Nc1cc(C)c(O)c(C(=O)O)c1. The first kappa shape index (κ1) is 14.0. The molecule has 0 saturated heterocycles. The fraction of sp³-hybridized carbons (Fsp3) is 0.167. The van der Waals surface area contributed by atoms with Gasteiger partial charge in [0.1, 0.15) is 11.3 Å². The standard InChI is InChI=1S/C12H14N2O3S/c1-3-4-13-12(18)14-8-5-7(2)10(15)9(6-8)11(16)17/h3,5-6,15H,1,4H2,2H3,(H,16,17)(H2,13,14,18). The third-order valence-electron chi connectivity index (χ3n) is 2.20. The lowest BCUT2D eigenvalue weighted by molar-refractivity contribution is 0.0693. The number of hydrogen-bond donors (Lipinski definition) is 4.